The van der Waals surface area contributed by atoms with Crippen LogP contribution in [0.5, 0.6) is 23.0 Å². The molecule has 12 N–H and O–H groups in total. The molecule has 13 rings (SSSR count). The number of phenolic OH excluding ortho intramolecular Hbond substituents is 4. The maximum Gasteiger partial charge on any atom is 0.123 e. The molecule has 4 aromatic rings. The highest BCUT2D eigenvalue weighted by molar-refractivity contribution is 5.55. The van der Waals surface area contributed by atoms with E-state index in [0.29, 0.717) is 94.0 Å². The Morgan fingerprint density at radius 1 is 0.210 bits per heavy atom. The van der Waals surface area contributed by atoms with Gasteiger partial charge >= 0.3 is 0 Å². The summed E-state index contributed by atoms with van der Waals surface area (Å²) in [6.45, 7) is 54.1. The van der Waals surface area contributed by atoms with Gasteiger partial charge in [-0.25, -0.2) is 0 Å². The Bertz CT molecular complexity index is 3070. The fourth-order valence-electron chi connectivity index (χ4n) is 21.4. The molecule has 552 valence electrons. The monoisotopic (exact) mass is 1370 g/mol. The van der Waals surface area contributed by atoms with E-state index in [4.69, 9.17) is 0 Å². The van der Waals surface area contributed by atoms with Crippen LogP contribution in [-0.2, 0) is 43.3 Å². The van der Waals surface area contributed by atoms with Crippen molar-refractivity contribution in [2.45, 2.75) is 360 Å². The molecule has 4 aliphatic carbocycles. The van der Waals surface area contributed by atoms with Crippen molar-refractivity contribution in [3.05, 3.63) is 115 Å². The molecule has 0 radical (unpaired) electrons. The van der Waals surface area contributed by atoms with Gasteiger partial charge in [0.25, 0.3) is 0 Å². The minimum absolute atomic E-state index is 0.0508. The molecule has 12 nitrogen and oxygen atoms in total. The number of rotatable bonds is 4. The lowest BCUT2D eigenvalue weighted by molar-refractivity contribution is 0.152. The third kappa shape index (κ3) is 14.0. The highest BCUT2D eigenvalue weighted by Crippen LogP contribution is 2.56. The van der Waals surface area contributed by atoms with Crippen molar-refractivity contribution in [2.24, 2.45) is 47.3 Å². The first-order chi connectivity index (χ1) is 46.2. The summed E-state index contributed by atoms with van der Waals surface area (Å²) in [5.41, 5.74) is 12.2. The van der Waals surface area contributed by atoms with E-state index < -0.39 is 0 Å². The Morgan fingerprint density at radius 3 is 0.470 bits per heavy atom. The molecule has 0 amide bonds. The molecule has 12 unspecified atom stereocenters. The SMILES string of the molecule is CC(C)(C)c1cc(C2CCC3C4NC(NC5NC(NC6NC(NC7NC(N4)C4CC(c8cc(C(C)(C)C)c(O)c(C(C)(C)C)c8)CCC74)C4CC(c7cc(C(C)(C)C)c(O)c(C(C)(C)C)c7)CCC64)C4CC(c6cc(C(C)(C)C)c(O)c(C(C)(C)C)c6)CCC54)C3C2)cc(C(C)(C)C)c1O. The summed E-state index contributed by atoms with van der Waals surface area (Å²) < 4.78 is 0. The third-order valence-corrected chi connectivity index (χ3v) is 27.0. The Kier molecular flexibility index (Phi) is 19.1. The molecule has 12 heteroatoms. The van der Waals surface area contributed by atoms with E-state index in [1.807, 2.05) is 0 Å². The maximum atomic E-state index is 12.1. The molecule has 8 bridgehead atoms. The lowest BCUT2D eigenvalue weighted by Gasteiger charge is -2.40. The van der Waals surface area contributed by atoms with Crippen LogP contribution in [0.15, 0.2) is 48.5 Å². The van der Waals surface area contributed by atoms with Crippen molar-refractivity contribution < 1.29 is 20.4 Å². The highest BCUT2D eigenvalue weighted by Gasteiger charge is 2.57. The van der Waals surface area contributed by atoms with Crippen LogP contribution in [0.25, 0.3) is 0 Å². The summed E-state index contributed by atoms with van der Waals surface area (Å²) in [5, 5.41) is 84.3. The number of hydrogen-bond acceptors (Lipinski definition) is 12. The molecule has 5 aliphatic heterocycles. The normalized spacial score (nSPS) is 34.6. The number of aromatic hydroxyl groups is 4. The molecule has 0 aromatic heterocycles. The van der Waals surface area contributed by atoms with Gasteiger partial charge in [-0.1, -0.05) is 215 Å². The Hall–Kier alpha value is -4.24. The Balaban J connectivity index is 0.907. The zero-order valence-electron chi connectivity index (χ0n) is 66.4. The fourth-order valence-corrected chi connectivity index (χ4v) is 21.4. The van der Waals surface area contributed by atoms with Crippen LogP contribution in [0.1, 0.15) is 334 Å². The van der Waals surface area contributed by atoms with E-state index >= 15 is 0 Å². The van der Waals surface area contributed by atoms with Gasteiger partial charge in [0.15, 0.2) is 0 Å². The van der Waals surface area contributed by atoms with E-state index in [0.717, 1.165) is 122 Å². The Labute approximate surface area is 604 Å². The van der Waals surface area contributed by atoms with Crippen LogP contribution in [0.3, 0.4) is 0 Å². The minimum atomic E-state index is -0.216. The molecule has 5 heterocycles. The summed E-state index contributed by atoms with van der Waals surface area (Å²) in [7, 11) is 0. The molecule has 5 saturated heterocycles. The molecule has 4 aromatic carbocycles. The zero-order chi connectivity index (χ0) is 72.6. The molecule has 4 saturated carbocycles. The van der Waals surface area contributed by atoms with Crippen LogP contribution in [0.2, 0.25) is 0 Å². The lowest BCUT2D eigenvalue weighted by Crippen LogP contribution is -2.61. The standard InChI is InChI=1S/C88H136N8O4/c1-81(2,3)61-37-49(38-62(69(61)97)82(4,5)6)45-25-29-53-57(33-45)77-89-73(53)94-78-59-35-47(51-41-65(85(13,14)15)71(99)66(42-51)86(16,17)18)27-31-55(59)75(91-78)96-80-60-36-48(52-43-67(87(19,20)21)72(100)68(44-52)88(22,23)24)28-32-56(60)76(92-80)95-79-58-34-46(26-30-54(58)74(90-79)93-77)50-39-63(83(7,8)9)70(98)64(40-50)84(10,11)12/h37-48,53-60,73-80,89-100H,25-36H2,1-24H3. The van der Waals surface area contributed by atoms with Crippen molar-refractivity contribution in [3.8, 4) is 23.0 Å². The van der Waals surface area contributed by atoms with Crippen molar-refractivity contribution in [3.63, 3.8) is 0 Å². The topological polar surface area (TPSA) is 177 Å². The van der Waals surface area contributed by atoms with E-state index in [2.05, 4.69) is 257 Å². The minimum Gasteiger partial charge on any atom is -0.507 e. The predicted molar refractivity (Wildman–Crippen MR) is 412 cm³/mol. The fraction of sp³-hybridized carbons (Fsp3) is 0.727. The smallest absolute Gasteiger partial charge is 0.123 e. The van der Waals surface area contributed by atoms with Crippen molar-refractivity contribution >= 4 is 0 Å². The zero-order valence-corrected chi connectivity index (χ0v) is 66.4. The first kappa shape index (κ1) is 74.0. The lowest BCUT2D eigenvalue weighted by atomic mass is 9.68. The van der Waals surface area contributed by atoms with Gasteiger partial charge in [0.05, 0.1) is 49.3 Å². The first-order valence-electron chi connectivity index (χ1n) is 39.8. The predicted octanol–water partition coefficient (Wildman–Crippen LogP) is 17.4. The number of fused-ring (bicyclic) bond motifs is 20. The molecular formula is C88H136N8O4. The van der Waals surface area contributed by atoms with E-state index in [1.165, 1.54) is 22.3 Å². The van der Waals surface area contributed by atoms with Crippen LogP contribution in [-0.4, -0.2) is 69.8 Å². The second-order valence-corrected chi connectivity index (χ2v) is 42.4. The number of hydrogen-bond donors (Lipinski definition) is 12. The second kappa shape index (κ2) is 25.8. The molecule has 100 heavy (non-hydrogen) atoms. The van der Waals surface area contributed by atoms with Crippen molar-refractivity contribution in [1.82, 2.24) is 42.5 Å². The average Bonchev–Trinajstić information content (AvgIpc) is 1.32. The maximum absolute atomic E-state index is 12.1. The van der Waals surface area contributed by atoms with E-state index in [9.17, 15) is 20.4 Å². The molecule has 9 aliphatic rings. The molecule has 0 spiro atoms. The molecule has 12 atom stereocenters. The summed E-state index contributed by atoms with van der Waals surface area (Å²) in [6.07, 6.45) is 13.5. The third-order valence-electron chi connectivity index (χ3n) is 27.0. The molecular weight excluding hydrogens is 1230 g/mol. The van der Waals surface area contributed by atoms with Gasteiger partial charge in [0.1, 0.15) is 23.0 Å². The number of benzene rings is 4. The quantitative estimate of drug-likeness (QED) is 0.0933. The van der Waals surface area contributed by atoms with Crippen LogP contribution < -0.4 is 42.5 Å². The molecule has 9 fully saturated rings. The van der Waals surface area contributed by atoms with Crippen molar-refractivity contribution in [2.75, 3.05) is 0 Å². The summed E-state index contributed by atoms with van der Waals surface area (Å²) in [5.74, 6) is 6.17. The largest absolute Gasteiger partial charge is 0.507 e. The van der Waals surface area contributed by atoms with E-state index in [1.54, 1.807) is 0 Å². The van der Waals surface area contributed by atoms with Crippen LogP contribution in [0, 0.1) is 47.3 Å². The summed E-state index contributed by atoms with van der Waals surface area (Å²) in [6, 6.07) is 19.1. The van der Waals surface area contributed by atoms with Gasteiger partial charge in [-0.2, -0.15) is 0 Å². The van der Waals surface area contributed by atoms with Gasteiger partial charge in [0, 0.05) is 0 Å². The van der Waals surface area contributed by atoms with Gasteiger partial charge in [-0.3, -0.25) is 42.5 Å². The van der Waals surface area contributed by atoms with Crippen LogP contribution in [0.4, 0.5) is 0 Å². The van der Waals surface area contributed by atoms with E-state index in [-0.39, 0.29) is 92.6 Å². The number of nitrogens with one attached hydrogen (secondary N) is 8. The van der Waals surface area contributed by atoms with Gasteiger partial charge in [-0.15, -0.1) is 0 Å². The average molecular weight is 1370 g/mol. The number of phenols is 4. The summed E-state index contributed by atoms with van der Waals surface area (Å²) in [4.78, 5) is 0. The van der Waals surface area contributed by atoms with Crippen LogP contribution >= 0.6 is 0 Å². The summed E-state index contributed by atoms with van der Waals surface area (Å²) >= 11 is 0. The highest BCUT2D eigenvalue weighted by atomic mass is 16.3. The van der Waals surface area contributed by atoms with Gasteiger partial charge < -0.3 is 20.4 Å². The first-order valence-corrected chi connectivity index (χ1v) is 39.8. The van der Waals surface area contributed by atoms with Gasteiger partial charge in [0.2, 0.25) is 0 Å². The van der Waals surface area contributed by atoms with Gasteiger partial charge in [-0.05, 0) is 258 Å². The second-order valence-electron chi connectivity index (χ2n) is 42.4. The van der Waals surface area contributed by atoms with Crippen molar-refractivity contribution in [1.29, 1.82) is 0 Å². The Morgan fingerprint density at radius 2 is 0.340 bits per heavy atom.